The van der Waals surface area contributed by atoms with E-state index in [1.54, 1.807) is 52.0 Å². The summed E-state index contributed by atoms with van der Waals surface area (Å²) in [4.78, 5) is 69.3. The Balaban J connectivity index is 1.48. The van der Waals surface area contributed by atoms with Gasteiger partial charge >= 0.3 is 0 Å². The molecular weight excluding hydrogens is 658 g/mol. The molecule has 5 rings (SSSR count). The molecule has 3 atom stereocenters. The van der Waals surface area contributed by atoms with Crippen molar-refractivity contribution in [1.82, 2.24) is 30.5 Å². The van der Waals surface area contributed by atoms with Gasteiger partial charge in [0, 0.05) is 44.6 Å². The van der Waals surface area contributed by atoms with E-state index in [1.807, 2.05) is 0 Å². The minimum Gasteiger partial charge on any atom is -0.386 e. The van der Waals surface area contributed by atoms with Crippen molar-refractivity contribution in [2.45, 2.75) is 120 Å². The summed E-state index contributed by atoms with van der Waals surface area (Å²) >= 11 is 0. The molecule has 15 nitrogen and oxygen atoms in total. The number of Topliss-reactive ketones (excluding diaryl/α,β-unsaturated/α-hetero) is 1. The second-order valence-electron chi connectivity index (χ2n) is 15.3. The van der Waals surface area contributed by atoms with Crippen molar-refractivity contribution in [2.24, 2.45) is 11.7 Å². The van der Waals surface area contributed by atoms with Crippen LogP contribution in [0.3, 0.4) is 0 Å². The summed E-state index contributed by atoms with van der Waals surface area (Å²) in [7, 11) is 0. The summed E-state index contributed by atoms with van der Waals surface area (Å²) in [6.07, 6.45) is 6.85. The number of amides is 4. The number of aromatic nitrogens is 3. The first-order valence-electron chi connectivity index (χ1n) is 17.8. The van der Waals surface area contributed by atoms with Crippen molar-refractivity contribution in [3.63, 3.8) is 0 Å². The number of ether oxygens (including phenoxy) is 1. The van der Waals surface area contributed by atoms with Crippen LogP contribution in [0.25, 0.3) is 0 Å². The molecule has 2 aromatic rings. The molecule has 2 saturated heterocycles. The molecule has 51 heavy (non-hydrogen) atoms. The maximum Gasteiger partial charge on any atom is 0.287 e. The zero-order valence-corrected chi connectivity index (χ0v) is 29.9. The second kappa shape index (κ2) is 15.2. The van der Waals surface area contributed by atoms with E-state index in [0.29, 0.717) is 23.2 Å². The van der Waals surface area contributed by atoms with Crippen molar-refractivity contribution >= 4 is 29.4 Å². The Bertz CT molecular complexity index is 1600. The molecule has 1 aromatic heterocycles. The zero-order chi connectivity index (χ0) is 37.1. The Kier molecular flexibility index (Phi) is 11.3. The van der Waals surface area contributed by atoms with E-state index >= 15 is 0 Å². The molecule has 0 spiro atoms. The molecule has 278 valence electrons. The molecule has 1 aliphatic carbocycles. The van der Waals surface area contributed by atoms with Crippen LogP contribution >= 0.6 is 0 Å². The summed E-state index contributed by atoms with van der Waals surface area (Å²) in [5.74, 6) is -3.55. The van der Waals surface area contributed by atoms with Crippen molar-refractivity contribution in [3.05, 3.63) is 47.3 Å². The molecule has 3 heterocycles. The van der Waals surface area contributed by atoms with Crippen LogP contribution in [0, 0.1) is 5.92 Å². The van der Waals surface area contributed by atoms with Crippen LogP contribution in [0.4, 0.5) is 0 Å². The van der Waals surface area contributed by atoms with Crippen LogP contribution in [0.15, 0.2) is 30.5 Å². The van der Waals surface area contributed by atoms with E-state index in [1.165, 1.54) is 15.8 Å². The largest absolute Gasteiger partial charge is 0.386 e. The Labute approximate surface area is 297 Å². The van der Waals surface area contributed by atoms with Crippen molar-refractivity contribution in [3.8, 4) is 0 Å². The number of hydrogen-bond acceptors (Lipinski definition) is 10. The smallest absolute Gasteiger partial charge is 0.287 e. The highest BCUT2D eigenvalue weighted by Crippen LogP contribution is 2.34. The molecule has 4 amide bonds. The first kappa shape index (κ1) is 38.0. The number of primary amides is 1. The quantitative estimate of drug-likeness (QED) is 0.199. The normalized spacial score (nSPS) is 21.9. The molecule has 2 unspecified atom stereocenters. The molecule has 0 radical (unpaired) electrons. The lowest BCUT2D eigenvalue weighted by molar-refractivity contribution is -0.147. The van der Waals surface area contributed by atoms with Gasteiger partial charge < -0.3 is 36.2 Å². The van der Waals surface area contributed by atoms with Crippen LogP contribution in [0.1, 0.15) is 113 Å². The lowest BCUT2D eigenvalue weighted by atomic mass is 9.84. The van der Waals surface area contributed by atoms with E-state index in [4.69, 9.17) is 10.5 Å². The number of ketones is 1. The number of rotatable bonds is 12. The molecule has 3 fully saturated rings. The molecule has 2 aliphatic heterocycles. The number of nitrogens with zero attached hydrogens (tertiary/aromatic N) is 4. The Morgan fingerprint density at radius 3 is 2.24 bits per heavy atom. The SMILES string of the molecule is CC(C)(O)c1ccc(C(=O)N[C@H](CC2CCCCC2)C(=O)N2CC(n3nncc3C(C)(C)O)CC2C(=O)NC2(C(=O)C(N)=O)CCOCC2)cc1. The number of aliphatic hydroxyl groups is 2. The molecule has 6 N–H and O–H groups in total. The van der Waals surface area contributed by atoms with Crippen molar-refractivity contribution in [1.29, 1.82) is 0 Å². The van der Waals surface area contributed by atoms with E-state index in [2.05, 4.69) is 20.9 Å². The maximum atomic E-state index is 14.7. The Hall–Kier alpha value is -4.21. The average Bonchev–Trinajstić information content (AvgIpc) is 3.76. The molecule has 3 aliphatic rings. The van der Waals surface area contributed by atoms with Gasteiger partial charge in [-0.15, -0.1) is 5.10 Å². The molecule has 0 bridgehead atoms. The number of carbonyl (C=O) groups excluding carboxylic acids is 5. The second-order valence-corrected chi connectivity index (χ2v) is 15.3. The maximum absolute atomic E-state index is 14.7. The van der Waals surface area contributed by atoms with Gasteiger partial charge in [0.15, 0.2) is 0 Å². The lowest BCUT2D eigenvalue weighted by Gasteiger charge is -2.37. The molecular formula is C36H51N7O8. The summed E-state index contributed by atoms with van der Waals surface area (Å²) in [5.41, 5.74) is 2.70. The third-order valence-electron chi connectivity index (χ3n) is 10.5. The van der Waals surface area contributed by atoms with Gasteiger partial charge in [0.1, 0.15) is 23.2 Å². The molecule has 1 aromatic carbocycles. The van der Waals surface area contributed by atoms with E-state index < -0.39 is 64.3 Å². The standard InChI is InChI=1S/C36H51N7O8/c1-34(2,49)24-12-10-23(11-13-24)31(46)39-26(18-22-8-6-5-7-9-22)33(48)42-21-25(43-28(20-38-41-43)35(3,4)50)19-27(42)32(47)40-36(29(44)30(37)45)14-16-51-17-15-36/h10-13,20,22,25-27,49-50H,5-9,14-19,21H2,1-4H3,(H2,37,45)(H,39,46)(H,40,47)/t25?,26-,27?/m1/s1. The van der Waals surface area contributed by atoms with Crippen molar-refractivity contribution < 1.29 is 38.9 Å². The summed E-state index contributed by atoms with van der Waals surface area (Å²) in [5, 5.41) is 35.2. The molecule has 15 heteroatoms. The van der Waals surface area contributed by atoms with Gasteiger partial charge in [-0.1, -0.05) is 49.5 Å². The fourth-order valence-corrected chi connectivity index (χ4v) is 7.57. The van der Waals surface area contributed by atoms with Gasteiger partial charge in [0.25, 0.3) is 11.8 Å². The number of carbonyl (C=O) groups is 5. The van der Waals surface area contributed by atoms with Gasteiger partial charge in [-0.3, -0.25) is 24.0 Å². The minimum absolute atomic E-state index is 0.000549. The third kappa shape index (κ3) is 8.64. The van der Waals surface area contributed by atoms with Crippen LogP contribution in [0.5, 0.6) is 0 Å². The van der Waals surface area contributed by atoms with Crippen LogP contribution < -0.4 is 16.4 Å². The van der Waals surface area contributed by atoms with E-state index in [9.17, 15) is 34.2 Å². The third-order valence-corrected chi connectivity index (χ3v) is 10.5. The van der Waals surface area contributed by atoms with Gasteiger partial charge in [-0.2, -0.15) is 0 Å². The number of hydrogen-bond donors (Lipinski definition) is 5. The lowest BCUT2D eigenvalue weighted by Crippen LogP contribution is -2.64. The Morgan fingerprint density at radius 1 is 1.00 bits per heavy atom. The van der Waals surface area contributed by atoms with Crippen molar-refractivity contribution in [2.75, 3.05) is 19.8 Å². The monoisotopic (exact) mass is 709 g/mol. The highest BCUT2D eigenvalue weighted by Gasteiger charge is 2.49. The van der Waals surface area contributed by atoms with Crippen LogP contribution in [-0.4, -0.2) is 96.9 Å². The summed E-state index contributed by atoms with van der Waals surface area (Å²) < 4.78 is 6.92. The number of benzene rings is 1. The Morgan fingerprint density at radius 2 is 1.65 bits per heavy atom. The average molecular weight is 710 g/mol. The van der Waals surface area contributed by atoms with Crippen LogP contribution in [-0.2, 0) is 35.1 Å². The van der Waals surface area contributed by atoms with Gasteiger partial charge in [-0.25, -0.2) is 4.68 Å². The highest BCUT2D eigenvalue weighted by molar-refractivity contribution is 6.39. The van der Waals surface area contributed by atoms with Gasteiger partial charge in [-0.05, 0) is 57.7 Å². The van der Waals surface area contributed by atoms with Crippen LogP contribution in [0.2, 0.25) is 0 Å². The fraction of sp³-hybridized carbons (Fsp3) is 0.639. The number of likely N-dealkylation sites (tertiary alicyclic amines) is 1. The first-order valence-corrected chi connectivity index (χ1v) is 17.8. The minimum atomic E-state index is -1.59. The number of nitrogens with one attached hydrogen (secondary N) is 2. The predicted molar refractivity (Wildman–Crippen MR) is 184 cm³/mol. The molecule has 1 saturated carbocycles. The first-order chi connectivity index (χ1) is 24.0. The number of nitrogens with two attached hydrogens (primary N) is 1. The van der Waals surface area contributed by atoms with Gasteiger partial charge in [0.2, 0.25) is 17.6 Å². The van der Waals surface area contributed by atoms with E-state index in [-0.39, 0.29) is 44.9 Å². The highest BCUT2D eigenvalue weighted by atomic mass is 16.5. The summed E-state index contributed by atoms with van der Waals surface area (Å²) in [6.45, 7) is 6.70. The zero-order valence-electron chi connectivity index (χ0n) is 29.9. The fourth-order valence-electron chi connectivity index (χ4n) is 7.57. The summed E-state index contributed by atoms with van der Waals surface area (Å²) in [6, 6.07) is 3.81. The predicted octanol–water partition coefficient (Wildman–Crippen LogP) is 1.36. The van der Waals surface area contributed by atoms with E-state index in [0.717, 1.165) is 32.1 Å². The van der Waals surface area contributed by atoms with Gasteiger partial charge in [0.05, 0.1) is 23.5 Å². The topological polar surface area (TPSA) is 219 Å².